The van der Waals surface area contributed by atoms with Gasteiger partial charge in [-0.2, -0.15) is 0 Å². The lowest BCUT2D eigenvalue weighted by atomic mass is 10.0. The molecular formula is C26H25N3O4S. The normalized spacial score (nSPS) is 14.4. The monoisotopic (exact) mass is 475 g/mol. The van der Waals surface area contributed by atoms with Crippen molar-refractivity contribution in [2.45, 2.75) is 17.7 Å². The molecule has 4 aromatic rings. The summed E-state index contributed by atoms with van der Waals surface area (Å²) in [6.45, 7) is 0.444. The van der Waals surface area contributed by atoms with E-state index in [1.54, 1.807) is 25.3 Å². The molecule has 174 valence electrons. The van der Waals surface area contributed by atoms with E-state index in [2.05, 4.69) is 9.71 Å². The zero-order chi connectivity index (χ0) is 23.7. The summed E-state index contributed by atoms with van der Waals surface area (Å²) < 4.78 is 33.7. The summed E-state index contributed by atoms with van der Waals surface area (Å²) >= 11 is 0. The van der Waals surface area contributed by atoms with Gasteiger partial charge in [0.25, 0.3) is 0 Å². The predicted molar refractivity (Wildman–Crippen MR) is 133 cm³/mol. The first-order valence-electron chi connectivity index (χ1n) is 11.1. The minimum Gasteiger partial charge on any atom is -0.497 e. The molecule has 3 N–H and O–H groups in total. The largest absolute Gasteiger partial charge is 0.497 e. The van der Waals surface area contributed by atoms with Gasteiger partial charge in [-0.25, -0.2) is 18.1 Å². The van der Waals surface area contributed by atoms with Crippen molar-refractivity contribution in [2.75, 3.05) is 13.7 Å². The second kappa shape index (κ2) is 8.96. The fourth-order valence-corrected chi connectivity index (χ4v) is 4.99. The van der Waals surface area contributed by atoms with Crippen molar-refractivity contribution in [1.29, 1.82) is 0 Å². The lowest BCUT2D eigenvalue weighted by Crippen LogP contribution is -2.25. The van der Waals surface area contributed by atoms with Gasteiger partial charge in [-0.1, -0.05) is 30.3 Å². The molecule has 0 saturated heterocycles. The van der Waals surface area contributed by atoms with Crippen LogP contribution in [0.25, 0.3) is 10.9 Å². The quantitative estimate of drug-likeness (QED) is 0.320. The first kappa shape index (κ1) is 22.2. The maximum absolute atomic E-state index is 12.9. The molecule has 0 amide bonds. The van der Waals surface area contributed by atoms with Gasteiger partial charge in [-0.3, -0.25) is 0 Å². The molecule has 7 nitrogen and oxygen atoms in total. The van der Waals surface area contributed by atoms with Gasteiger partial charge >= 0.3 is 0 Å². The maximum atomic E-state index is 12.9. The molecule has 0 unspecified atom stereocenters. The summed E-state index contributed by atoms with van der Waals surface area (Å²) in [6, 6.07) is 21.6. The van der Waals surface area contributed by atoms with Crippen molar-refractivity contribution in [3.05, 3.63) is 83.9 Å². The van der Waals surface area contributed by atoms with Crippen LogP contribution in [0.5, 0.6) is 11.6 Å². The lowest BCUT2D eigenvalue weighted by Gasteiger charge is -2.09. The molecule has 34 heavy (non-hydrogen) atoms. The van der Waals surface area contributed by atoms with Gasteiger partial charge in [0.2, 0.25) is 10.0 Å². The molecule has 8 heteroatoms. The van der Waals surface area contributed by atoms with E-state index in [0.717, 1.165) is 18.4 Å². The van der Waals surface area contributed by atoms with Gasteiger partial charge in [0.15, 0.2) is 5.88 Å². The number of benzene rings is 3. The van der Waals surface area contributed by atoms with Crippen molar-refractivity contribution in [2.24, 2.45) is 10.9 Å². The Kier molecular flexibility index (Phi) is 5.85. The third-order valence-corrected chi connectivity index (χ3v) is 7.34. The number of methoxy groups -OCH3 is 1. The molecule has 1 fully saturated rings. The Labute approximate surface area is 198 Å². The SMILES string of the molecule is COc1ccc(N=C(c2ccccc2)c2c(O)[nH]c3ccc(S(=O)(=O)NCC4CC4)cc23)cc1. The summed E-state index contributed by atoms with van der Waals surface area (Å²) in [4.78, 5) is 7.94. The third kappa shape index (κ3) is 4.55. The summed E-state index contributed by atoms with van der Waals surface area (Å²) in [7, 11) is -2.07. The number of hydrogen-bond donors (Lipinski definition) is 3. The standard InChI is InChI=1S/C26H25N3O4S/c1-33-20-11-9-19(10-12-20)28-25(18-5-3-2-4-6-18)24-22-15-21(13-14-23(22)29-26(24)30)34(31,32)27-16-17-7-8-17/h2-6,9-15,17,27,29-30H,7-8,16H2,1H3. The average molecular weight is 476 g/mol. The van der Waals surface area contributed by atoms with Crippen LogP contribution in [0.1, 0.15) is 24.0 Å². The molecule has 1 heterocycles. The number of aromatic hydroxyl groups is 1. The highest BCUT2D eigenvalue weighted by molar-refractivity contribution is 7.89. The van der Waals surface area contributed by atoms with Gasteiger partial charge < -0.3 is 14.8 Å². The molecule has 0 aliphatic heterocycles. The Morgan fingerprint density at radius 2 is 1.82 bits per heavy atom. The van der Waals surface area contributed by atoms with E-state index in [1.807, 2.05) is 54.6 Å². The molecule has 0 radical (unpaired) electrons. The van der Waals surface area contributed by atoms with Gasteiger partial charge in [0.1, 0.15) is 5.75 Å². The van der Waals surface area contributed by atoms with Crippen LogP contribution in [0.4, 0.5) is 5.69 Å². The smallest absolute Gasteiger partial charge is 0.240 e. The van der Waals surface area contributed by atoms with E-state index in [-0.39, 0.29) is 10.8 Å². The zero-order valence-corrected chi connectivity index (χ0v) is 19.5. The predicted octanol–water partition coefficient (Wildman–Crippen LogP) is 4.74. The number of sulfonamides is 1. The first-order chi connectivity index (χ1) is 16.4. The molecule has 1 aromatic heterocycles. The Morgan fingerprint density at radius 3 is 2.50 bits per heavy atom. The average Bonchev–Trinajstić information content (AvgIpc) is 3.63. The lowest BCUT2D eigenvalue weighted by molar-refractivity contribution is 0.415. The summed E-state index contributed by atoms with van der Waals surface area (Å²) in [5.74, 6) is 1.06. The van der Waals surface area contributed by atoms with E-state index in [9.17, 15) is 13.5 Å². The van der Waals surface area contributed by atoms with E-state index >= 15 is 0 Å². The molecular weight excluding hydrogens is 450 g/mol. The van der Waals surface area contributed by atoms with Gasteiger partial charge in [-0.15, -0.1) is 0 Å². The number of aromatic nitrogens is 1. The van der Waals surface area contributed by atoms with Crippen LogP contribution >= 0.6 is 0 Å². The van der Waals surface area contributed by atoms with Crippen molar-refractivity contribution in [3.63, 3.8) is 0 Å². The van der Waals surface area contributed by atoms with E-state index in [4.69, 9.17) is 9.73 Å². The topological polar surface area (TPSA) is 104 Å². The van der Waals surface area contributed by atoms with Crippen molar-refractivity contribution < 1.29 is 18.3 Å². The second-order valence-corrected chi connectivity index (χ2v) is 10.1. The molecule has 0 spiro atoms. The fourth-order valence-electron chi connectivity index (χ4n) is 3.84. The number of ether oxygens (including phenoxy) is 1. The highest BCUT2D eigenvalue weighted by atomic mass is 32.2. The van der Waals surface area contributed by atoms with E-state index in [0.29, 0.717) is 46.1 Å². The zero-order valence-electron chi connectivity index (χ0n) is 18.7. The van der Waals surface area contributed by atoms with Gasteiger partial charge in [0.05, 0.1) is 29.0 Å². The molecule has 0 atom stereocenters. The number of H-pyrrole nitrogens is 1. The Bertz CT molecular complexity index is 1460. The van der Waals surface area contributed by atoms with Crippen LogP contribution in [0.15, 0.2) is 82.7 Å². The maximum Gasteiger partial charge on any atom is 0.240 e. The number of aromatic amines is 1. The van der Waals surface area contributed by atoms with Gasteiger partial charge in [0, 0.05) is 23.0 Å². The van der Waals surface area contributed by atoms with Crippen LogP contribution < -0.4 is 9.46 Å². The number of fused-ring (bicyclic) bond motifs is 1. The number of nitrogens with zero attached hydrogens (tertiary/aromatic N) is 1. The van der Waals surface area contributed by atoms with Crippen LogP contribution in [0.3, 0.4) is 0 Å². The fraction of sp³-hybridized carbons (Fsp3) is 0.192. The Hall–Kier alpha value is -3.62. The second-order valence-electron chi connectivity index (χ2n) is 8.38. The number of rotatable bonds is 8. The summed E-state index contributed by atoms with van der Waals surface area (Å²) in [6.07, 6.45) is 2.11. The number of aliphatic imine (C=N–C) groups is 1. The summed E-state index contributed by atoms with van der Waals surface area (Å²) in [5.41, 5.74) is 3.04. The van der Waals surface area contributed by atoms with Crippen LogP contribution in [-0.2, 0) is 10.0 Å². The molecule has 1 aliphatic rings. The van der Waals surface area contributed by atoms with Crippen LogP contribution in [0.2, 0.25) is 0 Å². The molecule has 0 bridgehead atoms. The minimum absolute atomic E-state index is 0.0772. The van der Waals surface area contributed by atoms with Crippen molar-refractivity contribution in [3.8, 4) is 11.6 Å². The van der Waals surface area contributed by atoms with Crippen molar-refractivity contribution >= 4 is 32.3 Å². The molecule has 1 saturated carbocycles. The van der Waals surface area contributed by atoms with E-state index < -0.39 is 10.0 Å². The minimum atomic E-state index is -3.67. The van der Waals surface area contributed by atoms with E-state index in [1.165, 1.54) is 0 Å². The Balaban J connectivity index is 1.64. The summed E-state index contributed by atoms with van der Waals surface area (Å²) in [5, 5.41) is 11.5. The number of nitrogens with one attached hydrogen (secondary N) is 2. The highest BCUT2D eigenvalue weighted by Crippen LogP contribution is 2.33. The molecule has 3 aromatic carbocycles. The molecule has 5 rings (SSSR count). The van der Waals surface area contributed by atoms with Crippen LogP contribution in [0, 0.1) is 5.92 Å². The van der Waals surface area contributed by atoms with Crippen molar-refractivity contribution in [1.82, 2.24) is 9.71 Å². The third-order valence-electron chi connectivity index (χ3n) is 5.92. The molecule has 1 aliphatic carbocycles. The highest BCUT2D eigenvalue weighted by Gasteiger charge is 2.25. The Morgan fingerprint density at radius 1 is 1.09 bits per heavy atom. The van der Waals surface area contributed by atoms with Crippen LogP contribution in [-0.4, -0.2) is 37.9 Å². The number of hydrogen-bond acceptors (Lipinski definition) is 5. The first-order valence-corrected chi connectivity index (χ1v) is 12.6. The van der Waals surface area contributed by atoms with Gasteiger partial charge in [-0.05, 0) is 61.2 Å².